The van der Waals surface area contributed by atoms with Crippen molar-refractivity contribution in [3.8, 4) is 22.8 Å². The lowest BCUT2D eigenvalue weighted by molar-refractivity contribution is -0.274. The summed E-state index contributed by atoms with van der Waals surface area (Å²) >= 11 is 6.83. The Morgan fingerprint density at radius 1 is 1.07 bits per heavy atom. The number of carbonyl (C=O) groups is 1. The Bertz CT molecular complexity index is 1720. The van der Waals surface area contributed by atoms with E-state index < -0.39 is 6.36 Å². The summed E-state index contributed by atoms with van der Waals surface area (Å²) in [6, 6.07) is 18.9. The highest BCUT2D eigenvalue weighted by Crippen LogP contribution is 2.34. The maximum Gasteiger partial charge on any atom is 0.573 e. The second kappa shape index (κ2) is 13.4. The fourth-order valence-electron chi connectivity index (χ4n) is 4.63. The molecule has 9 nitrogen and oxygen atoms in total. The number of hydrogen-bond donors (Lipinski definition) is 2. The Kier molecular flexibility index (Phi) is 9.56. The number of amidine groups is 1. The normalized spacial score (nSPS) is 15.2. The molecule has 0 spiro atoms. The van der Waals surface area contributed by atoms with Crippen LogP contribution in [0.25, 0.3) is 17.1 Å². The minimum absolute atomic E-state index is 0.0387. The Morgan fingerprint density at radius 3 is 2.44 bits per heavy atom. The van der Waals surface area contributed by atoms with Crippen molar-refractivity contribution in [1.82, 2.24) is 25.6 Å². The summed E-state index contributed by atoms with van der Waals surface area (Å²) in [5.74, 6) is 0.621. The first-order valence-corrected chi connectivity index (χ1v) is 15.4. The first kappa shape index (κ1) is 32.1. The number of carbonyl (C=O) groups excluding carboxylic acids is 1. The van der Waals surface area contributed by atoms with E-state index in [-0.39, 0.29) is 28.7 Å². The highest BCUT2D eigenvalue weighted by atomic mass is 32.2. The van der Waals surface area contributed by atoms with Crippen molar-refractivity contribution in [3.63, 3.8) is 0 Å². The summed E-state index contributed by atoms with van der Waals surface area (Å²) in [7, 11) is 0. The van der Waals surface area contributed by atoms with Gasteiger partial charge in [-0.25, -0.2) is 15.1 Å². The number of nitrogens with zero attached hydrogens (tertiary/aromatic N) is 5. The zero-order valence-electron chi connectivity index (χ0n) is 24.8. The first-order valence-electron chi connectivity index (χ1n) is 14.0. The van der Waals surface area contributed by atoms with E-state index in [4.69, 9.17) is 12.2 Å². The molecule has 0 radical (unpaired) electrons. The molecule has 2 N–H and O–H groups in total. The lowest BCUT2D eigenvalue weighted by Gasteiger charge is -2.22. The van der Waals surface area contributed by atoms with E-state index >= 15 is 0 Å². The molecule has 1 aliphatic heterocycles. The van der Waals surface area contributed by atoms with Gasteiger partial charge >= 0.3 is 6.36 Å². The number of hydrogen-bond acceptors (Lipinski definition) is 7. The fraction of sp³-hybridized carbons (Fsp3) is 0.258. The van der Waals surface area contributed by atoms with E-state index in [1.807, 2.05) is 50.2 Å². The molecule has 234 valence electrons. The summed E-state index contributed by atoms with van der Waals surface area (Å²) < 4.78 is 42.7. The Labute approximate surface area is 267 Å². The van der Waals surface area contributed by atoms with Crippen LogP contribution in [0.5, 0.6) is 5.75 Å². The number of thiocarbonyl (C=S) groups is 1. The zero-order valence-corrected chi connectivity index (χ0v) is 26.4. The molecule has 1 saturated heterocycles. The van der Waals surface area contributed by atoms with Crippen molar-refractivity contribution < 1.29 is 22.7 Å². The van der Waals surface area contributed by atoms with Gasteiger partial charge in [-0.1, -0.05) is 62.0 Å². The van der Waals surface area contributed by atoms with E-state index in [1.54, 1.807) is 4.90 Å². The number of alkyl halides is 3. The number of aryl methyl sites for hydroxylation is 1. The lowest BCUT2D eigenvalue weighted by atomic mass is 9.99. The van der Waals surface area contributed by atoms with Crippen LogP contribution in [0, 0.1) is 6.92 Å². The van der Waals surface area contributed by atoms with Crippen LogP contribution in [0.15, 0.2) is 78.0 Å². The number of aliphatic imine (C=N–C) groups is 1. The summed E-state index contributed by atoms with van der Waals surface area (Å²) in [6.07, 6.45) is -3.27. The third-order valence-electron chi connectivity index (χ3n) is 6.90. The second-order valence-electron chi connectivity index (χ2n) is 10.6. The van der Waals surface area contributed by atoms with Gasteiger partial charge in [0.1, 0.15) is 12.1 Å². The molecule has 14 heteroatoms. The van der Waals surface area contributed by atoms with Crippen molar-refractivity contribution in [2.45, 2.75) is 46.0 Å². The minimum atomic E-state index is -4.75. The molecule has 1 aliphatic rings. The number of aromatic nitrogens is 3. The van der Waals surface area contributed by atoms with Gasteiger partial charge in [-0.3, -0.25) is 15.1 Å². The monoisotopic (exact) mass is 653 g/mol. The molecule has 0 bridgehead atoms. The van der Waals surface area contributed by atoms with Gasteiger partial charge in [-0.05, 0) is 79.0 Å². The molecule has 1 amide bonds. The highest BCUT2D eigenvalue weighted by molar-refractivity contribution is 8.15. The van der Waals surface area contributed by atoms with Gasteiger partial charge in [-0.15, -0.1) is 18.3 Å². The van der Waals surface area contributed by atoms with E-state index in [0.717, 1.165) is 27.9 Å². The van der Waals surface area contributed by atoms with Crippen LogP contribution in [-0.2, 0) is 4.79 Å². The first-order chi connectivity index (χ1) is 21.4. The van der Waals surface area contributed by atoms with Crippen LogP contribution in [0.4, 0.5) is 18.9 Å². The van der Waals surface area contributed by atoms with Gasteiger partial charge in [0.05, 0.1) is 17.1 Å². The number of halogens is 3. The van der Waals surface area contributed by atoms with Crippen LogP contribution in [-0.4, -0.2) is 43.1 Å². The van der Waals surface area contributed by atoms with Gasteiger partial charge < -0.3 is 4.74 Å². The van der Waals surface area contributed by atoms with Crippen molar-refractivity contribution in [3.05, 3.63) is 89.7 Å². The number of thioether (sulfide) groups is 1. The third-order valence-corrected chi connectivity index (χ3v) is 8.02. The number of anilines is 1. The van der Waals surface area contributed by atoms with Crippen LogP contribution >= 0.6 is 24.0 Å². The van der Waals surface area contributed by atoms with Gasteiger partial charge in [0.2, 0.25) is 11.0 Å². The van der Waals surface area contributed by atoms with Gasteiger partial charge in [-0.2, -0.15) is 4.99 Å². The molecule has 3 aromatic carbocycles. The molecular formula is C31H30F3N7O2S2. The number of amides is 1. The Morgan fingerprint density at radius 2 is 1.78 bits per heavy atom. The number of rotatable bonds is 8. The molecule has 1 fully saturated rings. The van der Waals surface area contributed by atoms with Crippen LogP contribution in [0.2, 0.25) is 0 Å². The van der Waals surface area contributed by atoms with Crippen molar-refractivity contribution in [1.29, 1.82) is 0 Å². The predicted molar refractivity (Wildman–Crippen MR) is 173 cm³/mol. The fourth-order valence-corrected chi connectivity index (χ4v) is 5.70. The average molecular weight is 654 g/mol. The van der Waals surface area contributed by atoms with Crippen molar-refractivity contribution >= 4 is 45.9 Å². The predicted octanol–water partition coefficient (Wildman–Crippen LogP) is 6.84. The Hall–Kier alpha value is -4.27. The molecule has 1 atom stereocenters. The van der Waals surface area contributed by atoms with Crippen LogP contribution in [0.3, 0.4) is 0 Å². The lowest BCUT2D eigenvalue weighted by Crippen LogP contribution is -2.38. The summed E-state index contributed by atoms with van der Waals surface area (Å²) in [5.41, 5.74) is 11.3. The molecule has 1 aromatic heterocycles. The molecule has 5 rings (SSSR count). The summed E-state index contributed by atoms with van der Waals surface area (Å²) in [6.45, 7) is 8.13. The maximum atomic E-state index is 12.9. The van der Waals surface area contributed by atoms with Crippen molar-refractivity contribution in [2.75, 3.05) is 10.7 Å². The molecule has 0 saturated carbocycles. The molecule has 2 heterocycles. The number of nitrogens with one attached hydrogen (secondary N) is 2. The standard InChI is InChI=1S/C31H30F3N7O2S2/c1-18(2)25-14-5-19(3)15-26(25)41-27(42)16-45-30(41)36-29(44)38-37-20(4)21-6-8-22(9-7-21)28-35-17-40(39-28)23-10-12-24(13-11-23)43-31(32,33)34/h5-15,17-18,20,37H,16H2,1-4H3,(H,38,44)/b36-30-. The van der Waals surface area contributed by atoms with E-state index in [0.29, 0.717) is 22.4 Å². The van der Waals surface area contributed by atoms with Crippen LogP contribution < -0.4 is 20.5 Å². The SMILES string of the molecule is Cc1ccc(C(C)C)c(N2C(=O)CS/C2=N\C(=S)NNC(C)c2ccc(-c3ncn(-c4ccc(OC(F)(F)F)cc4)n3)cc2)c1. The third kappa shape index (κ3) is 7.88. The quantitative estimate of drug-likeness (QED) is 0.158. The number of ether oxygens (including phenoxy) is 1. The number of hydrazine groups is 1. The summed E-state index contributed by atoms with van der Waals surface area (Å²) in [5, 5.41) is 5.17. The van der Waals surface area contributed by atoms with Crippen molar-refractivity contribution in [2.24, 2.45) is 4.99 Å². The smallest absolute Gasteiger partial charge is 0.406 e. The zero-order chi connectivity index (χ0) is 32.3. The van der Waals surface area contributed by atoms with Gasteiger partial charge in [0.15, 0.2) is 11.0 Å². The van der Waals surface area contributed by atoms with E-state index in [2.05, 4.69) is 50.6 Å². The van der Waals surface area contributed by atoms with Gasteiger partial charge in [0.25, 0.3) is 0 Å². The topological polar surface area (TPSA) is 96.7 Å². The molecule has 1 unspecified atom stereocenters. The maximum absolute atomic E-state index is 12.9. The molecular weight excluding hydrogens is 624 g/mol. The minimum Gasteiger partial charge on any atom is -0.406 e. The van der Waals surface area contributed by atoms with Crippen LogP contribution in [0.1, 0.15) is 49.4 Å². The highest BCUT2D eigenvalue weighted by Gasteiger charge is 2.32. The average Bonchev–Trinajstić information content (AvgIpc) is 3.62. The molecule has 4 aromatic rings. The largest absolute Gasteiger partial charge is 0.573 e. The van der Waals surface area contributed by atoms with E-state index in [1.165, 1.54) is 47.0 Å². The van der Waals surface area contributed by atoms with E-state index in [9.17, 15) is 18.0 Å². The van der Waals surface area contributed by atoms with Gasteiger partial charge in [0, 0.05) is 11.6 Å². The second-order valence-corrected chi connectivity index (χ2v) is 11.9. The summed E-state index contributed by atoms with van der Waals surface area (Å²) in [4.78, 5) is 23.4. The Balaban J connectivity index is 1.20. The number of benzene rings is 3. The molecule has 45 heavy (non-hydrogen) atoms. The molecule has 0 aliphatic carbocycles.